The van der Waals surface area contributed by atoms with E-state index >= 15 is 0 Å². The summed E-state index contributed by atoms with van der Waals surface area (Å²) < 4.78 is 4.93. The van der Waals surface area contributed by atoms with Crippen LogP contribution in [0.4, 0.5) is 0 Å². The molecule has 0 aliphatic heterocycles. The van der Waals surface area contributed by atoms with E-state index in [1.807, 2.05) is 13.0 Å². The highest BCUT2D eigenvalue weighted by molar-refractivity contribution is 5.89. The number of ether oxygens (including phenoxy) is 1. The molecule has 0 aliphatic carbocycles. The van der Waals surface area contributed by atoms with E-state index in [2.05, 4.69) is 0 Å². The molecule has 0 amide bonds. The number of esters is 1. The molecule has 0 radical (unpaired) electrons. The lowest BCUT2D eigenvalue weighted by molar-refractivity contribution is -0.107. The van der Waals surface area contributed by atoms with Crippen LogP contribution < -0.4 is 0 Å². The van der Waals surface area contributed by atoms with Gasteiger partial charge in [0.15, 0.2) is 0 Å². The monoisotopic (exact) mass is 220 g/mol. The number of aldehydes is 1. The van der Waals surface area contributed by atoms with Crippen molar-refractivity contribution in [2.45, 2.75) is 26.7 Å². The molecule has 0 N–H and O–H groups in total. The second-order valence-corrected chi connectivity index (χ2v) is 3.63. The summed E-state index contributed by atoms with van der Waals surface area (Å²) in [5, 5.41) is 0. The zero-order valence-electron chi connectivity index (χ0n) is 9.66. The lowest BCUT2D eigenvalue weighted by atomic mass is 10.0. The van der Waals surface area contributed by atoms with Gasteiger partial charge in [0, 0.05) is 6.42 Å². The normalized spacial score (nSPS) is 9.88. The summed E-state index contributed by atoms with van der Waals surface area (Å²) in [7, 11) is 0. The van der Waals surface area contributed by atoms with Gasteiger partial charge >= 0.3 is 5.97 Å². The third-order valence-corrected chi connectivity index (χ3v) is 2.20. The predicted octanol–water partition coefficient (Wildman–Crippen LogP) is 2.30. The standard InChI is InChI=1S/C13H16O3/c1-3-16-13(15)12-8-10(2)7-11(9-12)5-4-6-14/h6-9H,3-5H2,1-2H3. The number of benzene rings is 1. The molecule has 1 rings (SSSR count). The van der Waals surface area contributed by atoms with E-state index < -0.39 is 0 Å². The molecule has 16 heavy (non-hydrogen) atoms. The second kappa shape index (κ2) is 6.05. The maximum atomic E-state index is 11.5. The van der Waals surface area contributed by atoms with Crippen molar-refractivity contribution in [1.29, 1.82) is 0 Å². The Labute approximate surface area is 95.4 Å². The third-order valence-electron chi connectivity index (χ3n) is 2.20. The molecule has 0 aliphatic rings. The van der Waals surface area contributed by atoms with Crippen LogP contribution in [0.15, 0.2) is 18.2 Å². The van der Waals surface area contributed by atoms with Crippen LogP contribution >= 0.6 is 0 Å². The van der Waals surface area contributed by atoms with Crippen LogP contribution in [0.25, 0.3) is 0 Å². The zero-order chi connectivity index (χ0) is 12.0. The van der Waals surface area contributed by atoms with Crippen LogP contribution in [0.2, 0.25) is 0 Å². The average Bonchev–Trinajstić information content (AvgIpc) is 2.26. The third kappa shape index (κ3) is 3.50. The van der Waals surface area contributed by atoms with E-state index in [0.717, 1.165) is 17.4 Å². The largest absolute Gasteiger partial charge is 0.462 e. The van der Waals surface area contributed by atoms with Gasteiger partial charge in [-0.15, -0.1) is 0 Å². The van der Waals surface area contributed by atoms with Crippen molar-refractivity contribution < 1.29 is 14.3 Å². The van der Waals surface area contributed by atoms with Crippen molar-refractivity contribution in [3.8, 4) is 0 Å². The average molecular weight is 220 g/mol. The fourth-order valence-electron chi connectivity index (χ4n) is 1.56. The van der Waals surface area contributed by atoms with Crippen LogP contribution in [0.5, 0.6) is 0 Å². The van der Waals surface area contributed by atoms with E-state index in [1.54, 1.807) is 19.1 Å². The van der Waals surface area contributed by atoms with Gasteiger partial charge in [0.25, 0.3) is 0 Å². The van der Waals surface area contributed by atoms with Crippen molar-refractivity contribution in [3.63, 3.8) is 0 Å². The Balaban J connectivity index is 2.88. The number of rotatable bonds is 5. The van der Waals surface area contributed by atoms with E-state index in [0.29, 0.717) is 25.0 Å². The maximum absolute atomic E-state index is 11.5. The van der Waals surface area contributed by atoms with Crippen LogP contribution in [-0.2, 0) is 16.0 Å². The van der Waals surface area contributed by atoms with Gasteiger partial charge < -0.3 is 9.53 Å². The molecule has 3 heteroatoms. The van der Waals surface area contributed by atoms with Crippen LogP contribution in [0.1, 0.15) is 34.8 Å². The minimum absolute atomic E-state index is 0.307. The summed E-state index contributed by atoms with van der Waals surface area (Å²) in [5.41, 5.74) is 2.56. The van der Waals surface area contributed by atoms with Crippen molar-refractivity contribution in [1.82, 2.24) is 0 Å². The molecule has 0 heterocycles. The topological polar surface area (TPSA) is 43.4 Å². The van der Waals surface area contributed by atoms with Gasteiger partial charge in [0.1, 0.15) is 6.29 Å². The van der Waals surface area contributed by atoms with E-state index in [-0.39, 0.29) is 5.97 Å². The Kier molecular flexibility index (Phi) is 4.70. The van der Waals surface area contributed by atoms with Crippen LogP contribution in [0, 0.1) is 6.92 Å². The maximum Gasteiger partial charge on any atom is 0.338 e. The van der Waals surface area contributed by atoms with E-state index in [1.165, 1.54) is 0 Å². The summed E-state index contributed by atoms with van der Waals surface area (Å²) in [6.07, 6.45) is 2.02. The number of hydrogen-bond acceptors (Lipinski definition) is 3. The van der Waals surface area contributed by atoms with Gasteiger partial charge in [-0.05, 0) is 38.0 Å². The molecule has 0 fully saturated rings. The fraction of sp³-hybridized carbons (Fsp3) is 0.385. The first-order valence-electron chi connectivity index (χ1n) is 5.38. The van der Waals surface area contributed by atoms with E-state index in [4.69, 9.17) is 4.74 Å². The first kappa shape index (κ1) is 12.4. The summed E-state index contributed by atoms with van der Waals surface area (Å²) in [5.74, 6) is -0.307. The quantitative estimate of drug-likeness (QED) is 0.565. The number of aryl methyl sites for hydroxylation is 2. The van der Waals surface area contributed by atoms with Crippen molar-refractivity contribution in [2.75, 3.05) is 6.61 Å². The van der Waals surface area contributed by atoms with Gasteiger partial charge in [0.05, 0.1) is 12.2 Å². The highest BCUT2D eigenvalue weighted by Crippen LogP contribution is 2.12. The summed E-state index contributed by atoms with van der Waals surface area (Å²) in [4.78, 5) is 21.8. The van der Waals surface area contributed by atoms with Crippen molar-refractivity contribution in [3.05, 3.63) is 34.9 Å². The van der Waals surface area contributed by atoms with Crippen LogP contribution in [0.3, 0.4) is 0 Å². The molecular formula is C13H16O3. The SMILES string of the molecule is CCOC(=O)c1cc(C)cc(CCC=O)c1. The first-order chi connectivity index (χ1) is 7.67. The van der Waals surface area contributed by atoms with Gasteiger partial charge in [-0.25, -0.2) is 4.79 Å². The molecular weight excluding hydrogens is 204 g/mol. The van der Waals surface area contributed by atoms with Gasteiger partial charge in [-0.1, -0.05) is 11.6 Å². The molecule has 0 saturated carbocycles. The molecule has 0 bridgehead atoms. The molecule has 0 saturated heterocycles. The smallest absolute Gasteiger partial charge is 0.338 e. The Morgan fingerprint density at radius 3 is 2.75 bits per heavy atom. The fourth-order valence-corrected chi connectivity index (χ4v) is 1.56. The summed E-state index contributed by atoms with van der Waals surface area (Å²) >= 11 is 0. The Morgan fingerprint density at radius 1 is 1.38 bits per heavy atom. The molecule has 0 atom stereocenters. The lowest BCUT2D eigenvalue weighted by Crippen LogP contribution is -2.05. The highest BCUT2D eigenvalue weighted by Gasteiger charge is 2.08. The Bertz CT molecular complexity index is 383. The van der Waals surface area contributed by atoms with Gasteiger partial charge in [-0.3, -0.25) is 0 Å². The minimum Gasteiger partial charge on any atom is -0.462 e. The molecule has 1 aromatic rings. The number of carbonyl (C=O) groups excluding carboxylic acids is 2. The Hall–Kier alpha value is -1.64. The summed E-state index contributed by atoms with van der Waals surface area (Å²) in [6, 6.07) is 5.56. The Morgan fingerprint density at radius 2 is 2.12 bits per heavy atom. The molecule has 1 aromatic carbocycles. The molecule has 86 valence electrons. The van der Waals surface area contributed by atoms with Crippen molar-refractivity contribution in [2.24, 2.45) is 0 Å². The predicted molar refractivity (Wildman–Crippen MR) is 61.5 cm³/mol. The highest BCUT2D eigenvalue weighted by atomic mass is 16.5. The number of carbonyl (C=O) groups is 2. The lowest BCUT2D eigenvalue weighted by Gasteiger charge is -2.06. The minimum atomic E-state index is -0.307. The van der Waals surface area contributed by atoms with Crippen LogP contribution in [-0.4, -0.2) is 18.9 Å². The molecule has 0 aromatic heterocycles. The van der Waals surface area contributed by atoms with Crippen molar-refractivity contribution >= 4 is 12.3 Å². The van der Waals surface area contributed by atoms with E-state index in [9.17, 15) is 9.59 Å². The summed E-state index contributed by atoms with van der Waals surface area (Å²) in [6.45, 7) is 4.07. The van der Waals surface area contributed by atoms with Gasteiger partial charge in [0.2, 0.25) is 0 Å². The molecule has 3 nitrogen and oxygen atoms in total. The van der Waals surface area contributed by atoms with Gasteiger partial charge in [-0.2, -0.15) is 0 Å². The zero-order valence-corrected chi connectivity index (χ0v) is 9.66. The molecule has 0 unspecified atom stereocenters. The molecule has 0 spiro atoms. The first-order valence-corrected chi connectivity index (χ1v) is 5.38. The number of hydrogen-bond donors (Lipinski definition) is 0. The second-order valence-electron chi connectivity index (χ2n) is 3.63.